The van der Waals surface area contributed by atoms with Crippen LogP contribution in [0.25, 0.3) is 33.2 Å². The minimum atomic E-state index is 0.851. The second-order valence-electron chi connectivity index (χ2n) is 9.28. The van der Waals surface area contributed by atoms with Crippen LogP contribution in [-0.2, 0) is 6.54 Å². The average molecular weight is 471 g/mol. The standard InChI is InChI=1S/C29H34N4O2/c1-31-14-16-32(17-15-31)12-5-13-33-21-27(26-6-4-7-28(35-3)29(26)33)24-18-23(19-30-20-24)22-8-10-25(34-2)11-9-22/h4,6-11,18-21H,5,12-17H2,1-3H3. The zero-order chi connectivity index (χ0) is 24.2. The Balaban J connectivity index is 1.44. The first-order chi connectivity index (χ1) is 17.2. The average Bonchev–Trinajstić information content (AvgIpc) is 3.29. The van der Waals surface area contributed by atoms with Crippen LogP contribution in [0.1, 0.15) is 6.42 Å². The summed E-state index contributed by atoms with van der Waals surface area (Å²) in [5, 5.41) is 1.19. The number of pyridine rings is 1. The number of rotatable bonds is 8. The van der Waals surface area contributed by atoms with Gasteiger partial charge in [-0.1, -0.05) is 24.3 Å². The third kappa shape index (κ3) is 5.04. The second kappa shape index (κ2) is 10.5. The number of hydrogen-bond acceptors (Lipinski definition) is 5. The smallest absolute Gasteiger partial charge is 0.143 e. The van der Waals surface area contributed by atoms with Crippen molar-refractivity contribution in [3.8, 4) is 33.8 Å². The first kappa shape index (κ1) is 23.4. The van der Waals surface area contributed by atoms with Crippen LogP contribution >= 0.6 is 0 Å². The Morgan fingerprint density at radius 1 is 0.829 bits per heavy atom. The Labute approximate surface area is 207 Å². The summed E-state index contributed by atoms with van der Waals surface area (Å²) in [6.07, 6.45) is 7.25. The van der Waals surface area contributed by atoms with Gasteiger partial charge in [-0.2, -0.15) is 0 Å². The number of fused-ring (bicyclic) bond motifs is 1. The predicted molar refractivity (Wildman–Crippen MR) is 142 cm³/mol. The number of aryl methyl sites for hydroxylation is 1. The number of para-hydroxylation sites is 1. The van der Waals surface area contributed by atoms with Crippen LogP contribution in [0.5, 0.6) is 11.5 Å². The predicted octanol–water partition coefficient (Wildman–Crippen LogP) is 5.03. The van der Waals surface area contributed by atoms with Crippen molar-refractivity contribution in [1.82, 2.24) is 19.4 Å². The minimum absolute atomic E-state index is 0.851. The Morgan fingerprint density at radius 3 is 2.34 bits per heavy atom. The molecule has 1 aliphatic heterocycles. The van der Waals surface area contributed by atoms with Crippen LogP contribution in [0.15, 0.2) is 67.1 Å². The molecule has 0 spiro atoms. The Kier molecular flexibility index (Phi) is 7.02. The van der Waals surface area contributed by atoms with Gasteiger partial charge in [-0.05, 0) is 49.8 Å². The first-order valence-electron chi connectivity index (χ1n) is 12.3. The molecule has 35 heavy (non-hydrogen) atoms. The van der Waals surface area contributed by atoms with E-state index in [2.05, 4.69) is 69.0 Å². The Hall–Kier alpha value is -3.35. The summed E-state index contributed by atoms with van der Waals surface area (Å²) in [6, 6.07) is 16.6. The molecule has 2 aromatic heterocycles. The molecule has 2 aromatic carbocycles. The van der Waals surface area contributed by atoms with Crippen molar-refractivity contribution >= 4 is 10.9 Å². The monoisotopic (exact) mass is 470 g/mol. The van der Waals surface area contributed by atoms with Gasteiger partial charge in [0, 0.05) is 73.4 Å². The topological polar surface area (TPSA) is 42.8 Å². The van der Waals surface area contributed by atoms with E-state index in [1.165, 1.54) is 10.9 Å². The lowest BCUT2D eigenvalue weighted by atomic mass is 10.0. The Bertz CT molecular complexity index is 1270. The van der Waals surface area contributed by atoms with Crippen LogP contribution in [0, 0.1) is 0 Å². The molecule has 0 atom stereocenters. The zero-order valence-electron chi connectivity index (χ0n) is 20.9. The number of nitrogens with zero attached hydrogens (tertiary/aromatic N) is 4. The normalized spacial score (nSPS) is 14.9. The quantitative estimate of drug-likeness (QED) is 0.362. The number of ether oxygens (including phenoxy) is 2. The molecule has 1 aliphatic rings. The molecule has 6 nitrogen and oxygen atoms in total. The Morgan fingerprint density at radius 2 is 1.60 bits per heavy atom. The number of likely N-dealkylation sites (N-methyl/N-ethyl adjacent to an activating group) is 1. The van der Waals surface area contributed by atoms with Crippen LogP contribution < -0.4 is 9.47 Å². The number of aromatic nitrogens is 2. The highest BCUT2D eigenvalue weighted by molar-refractivity contribution is 5.99. The van der Waals surface area contributed by atoms with Gasteiger partial charge in [-0.3, -0.25) is 4.98 Å². The summed E-state index contributed by atoms with van der Waals surface area (Å²) < 4.78 is 13.4. The molecular weight excluding hydrogens is 436 g/mol. The molecule has 3 heterocycles. The summed E-state index contributed by atoms with van der Waals surface area (Å²) in [5.74, 6) is 1.76. The molecule has 0 saturated carbocycles. The number of piperazine rings is 1. The molecule has 6 heteroatoms. The van der Waals surface area contributed by atoms with E-state index in [0.717, 1.165) is 79.4 Å². The van der Waals surface area contributed by atoms with E-state index in [0.29, 0.717) is 0 Å². The lowest BCUT2D eigenvalue weighted by molar-refractivity contribution is 0.151. The zero-order valence-corrected chi connectivity index (χ0v) is 20.9. The molecule has 4 aromatic rings. The van der Waals surface area contributed by atoms with E-state index in [-0.39, 0.29) is 0 Å². The fourth-order valence-electron chi connectivity index (χ4n) is 4.96. The minimum Gasteiger partial charge on any atom is -0.497 e. The van der Waals surface area contributed by atoms with Crippen molar-refractivity contribution in [1.29, 1.82) is 0 Å². The number of benzene rings is 2. The van der Waals surface area contributed by atoms with E-state index in [1.807, 2.05) is 24.5 Å². The molecule has 0 bridgehead atoms. The van der Waals surface area contributed by atoms with Crippen molar-refractivity contribution < 1.29 is 9.47 Å². The summed E-state index contributed by atoms with van der Waals surface area (Å²) >= 11 is 0. The van der Waals surface area contributed by atoms with Gasteiger partial charge in [0.2, 0.25) is 0 Å². The van der Waals surface area contributed by atoms with Crippen LogP contribution in [0.4, 0.5) is 0 Å². The van der Waals surface area contributed by atoms with Gasteiger partial charge < -0.3 is 23.8 Å². The fraction of sp³-hybridized carbons (Fsp3) is 0.345. The summed E-state index contributed by atoms with van der Waals surface area (Å²) in [7, 11) is 5.64. The highest BCUT2D eigenvalue weighted by Crippen LogP contribution is 2.37. The maximum absolute atomic E-state index is 5.78. The third-order valence-corrected chi connectivity index (χ3v) is 7.02. The molecule has 0 amide bonds. The highest BCUT2D eigenvalue weighted by atomic mass is 16.5. The summed E-state index contributed by atoms with van der Waals surface area (Å²) in [4.78, 5) is 9.57. The molecule has 1 fully saturated rings. The first-order valence-corrected chi connectivity index (χ1v) is 12.3. The molecule has 0 N–H and O–H groups in total. The van der Waals surface area contributed by atoms with Gasteiger partial charge in [0.15, 0.2) is 0 Å². The lowest BCUT2D eigenvalue weighted by Crippen LogP contribution is -2.44. The number of hydrogen-bond donors (Lipinski definition) is 0. The molecular formula is C29H34N4O2. The molecule has 182 valence electrons. The molecule has 0 aliphatic carbocycles. The third-order valence-electron chi connectivity index (χ3n) is 7.02. The highest BCUT2D eigenvalue weighted by Gasteiger charge is 2.17. The van der Waals surface area contributed by atoms with E-state index in [9.17, 15) is 0 Å². The van der Waals surface area contributed by atoms with Crippen LogP contribution in [0.3, 0.4) is 0 Å². The molecule has 0 unspecified atom stereocenters. The molecule has 1 saturated heterocycles. The van der Waals surface area contributed by atoms with Gasteiger partial charge >= 0.3 is 0 Å². The molecule has 0 radical (unpaired) electrons. The molecule has 5 rings (SSSR count). The van der Waals surface area contributed by atoms with E-state index in [4.69, 9.17) is 9.47 Å². The van der Waals surface area contributed by atoms with Crippen LogP contribution in [-0.4, -0.2) is 73.3 Å². The van der Waals surface area contributed by atoms with Crippen molar-refractivity contribution in [3.05, 3.63) is 67.1 Å². The van der Waals surface area contributed by atoms with Gasteiger partial charge in [0.05, 0.1) is 19.7 Å². The maximum atomic E-state index is 5.78. The van der Waals surface area contributed by atoms with Gasteiger partial charge in [-0.25, -0.2) is 0 Å². The van der Waals surface area contributed by atoms with Crippen molar-refractivity contribution in [2.75, 3.05) is 54.0 Å². The number of methoxy groups -OCH3 is 2. The van der Waals surface area contributed by atoms with Crippen LogP contribution in [0.2, 0.25) is 0 Å². The van der Waals surface area contributed by atoms with Crippen molar-refractivity contribution in [3.63, 3.8) is 0 Å². The summed E-state index contributed by atoms with van der Waals surface area (Å²) in [6.45, 7) is 6.69. The van der Waals surface area contributed by atoms with E-state index >= 15 is 0 Å². The van der Waals surface area contributed by atoms with E-state index in [1.54, 1.807) is 14.2 Å². The van der Waals surface area contributed by atoms with Gasteiger partial charge in [0.1, 0.15) is 11.5 Å². The fourth-order valence-corrected chi connectivity index (χ4v) is 4.96. The SMILES string of the molecule is COc1ccc(-c2cncc(-c3cn(CCCN4CCN(C)CC4)c4c(OC)cccc34)c2)cc1. The van der Waals surface area contributed by atoms with Crippen molar-refractivity contribution in [2.45, 2.75) is 13.0 Å². The van der Waals surface area contributed by atoms with E-state index < -0.39 is 0 Å². The maximum Gasteiger partial charge on any atom is 0.143 e. The van der Waals surface area contributed by atoms with Crippen molar-refractivity contribution in [2.24, 2.45) is 0 Å². The summed E-state index contributed by atoms with van der Waals surface area (Å²) in [5.41, 5.74) is 5.65. The largest absolute Gasteiger partial charge is 0.497 e. The van der Waals surface area contributed by atoms with Gasteiger partial charge in [0.25, 0.3) is 0 Å². The van der Waals surface area contributed by atoms with Gasteiger partial charge in [-0.15, -0.1) is 0 Å². The second-order valence-corrected chi connectivity index (χ2v) is 9.28. The lowest BCUT2D eigenvalue weighted by Gasteiger charge is -2.32.